The third kappa shape index (κ3) is 5.05. The maximum Gasteiger partial charge on any atom is 0.0404 e. The number of alkyl halides is 1. The Morgan fingerprint density at radius 2 is 1.93 bits per heavy atom. The largest absolute Gasteiger partial charge is 0.313 e. The second-order valence-electron chi connectivity index (χ2n) is 3.07. The van der Waals surface area contributed by atoms with E-state index in [1.165, 1.54) is 5.56 Å². The Morgan fingerprint density at radius 3 is 2.64 bits per heavy atom. The van der Waals surface area contributed by atoms with Crippen molar-refractivity contribution < 1.29 is 0 Å². The highest BCUT2D eigenvalue weighted by Crippen LogP contribution is 1.97. The fourth-order valence-corrected chi connectivity index (χ4v) is 1.34. The van der Waals surface area contributed by atoms with Crippen molar-refractivity contribution in [3.63, 3.8) is 0 Å². The fraction of sp³-hybridized carbons (Fsp3) is 0.333. The zero-order valence-corrected chi connectivity index (χ0v) is 9.00. The maximum absolute atomic E-state index is 5.50. The van der Waals surface area contributed by atoms with Crippen LogP contribution in [-0.2, 0) is 6.42 Å². The molecule has 0 amide bonds. The van der Waals surface area contributed by atoms with E-state index in [2.05, 4.69) is 35.7 Å². The molecule has 2 heteroatoms. The lowest BCUT2D eigenvalue weighted by molar-refractivity contribution is 0.744. The van der Waals surface area contributed by atoms with Gasteiger partial charge >= 0.3 is 0 Å². The Kier molecular flexibility index (Phi) is 6.13. The van der Waals surface area contributed by atoms with E-state index in [0.717, 1.165) is 19.5 Å². The molecule has 0 aliphatic heterocycles. The van der Waals surface area contributed by atoms with Gasteiger partial charge < -0.3 is 5.32 Å². The molecule has 0 saturated carbocycles. The molecule has 0 radical (unpaired) electrons. The van der Waals surface area contributed by atoms with E-state index in [9.17, 15) is 0 Å². The number of rotatable bonds is 6. The van der Waals surface area contributed by atoms with E-state index in [1.54, 1.807) is 0 Å². The van der Waals surface area contributed by atoms with Crippen molar-refractivity contribution in [2.45, 2.75) is 6.42 Å². The fourth-order valence-electron chi connectivity index (χ4n) is 1.21. The number of nitrogens with one attached hydrogen (secondary N) is 1. The number of halogens is 1. The van der Waals surface area contributed by atoms with E-state index < -0.39 is 0 Å². The SMILES string of the molecule is ClC/C=C/CNCCc1ccccc1. The van der Waals surface area contributed by atoms with Crippen molar-refractivity contribution >= 4 is 11.6 Å². The predicted molar refractivity (Wildman–Crippen MR) is 62.9 cm³/mol. The van der Waals surface area contributed by atoms with Gasteiger partial charge in [0.25, 0.3) is 0 Å². The zero-order valence-electron chi connectivity index (χ0n) is 8.25. The van der Waals surface area contributed by atoms with Crippen molar-refractivity contribution in [3.05, 3.63) is 48.0 Å². The van der Waals surface area contributed by atoms with E-state index in [0.29, 0.717) is 5.88 Å². The summed E-state index contributed by atoms with van der Waals surface area (Å²) in [4.78, 5) is 0. The van der Waals surface area contributed by atoms with Crippen molar-refractivity contribution in [3.8, 4) is 0 Å². The molecule has 76 valence electrons. The van der Waals surface area contributed by atoms with Crippen LogP contribution in [-0.4, -0.2) is 19.0 Å². The molecule has 1 N–H and O–H groups in total. The predicted octanol–water partition coefficient (Wildman–Crippen LogP) is 2.61. The highest BCUT2D eigenvalue weighted by molar-refractivity contribution is 6.18. The first-order chi connectivity index (χ1) is 6.93. The van der Waals surface area contributed by atoms with E-state index in [1.807, 2.05) is 12.1 Å². The third-order valence-electron chi connectivity index (χ3n) is 1.95. The number of benzene rings is 1. The monoisotopic (exact) mass is 209 g/mol. The molecule has 0 spiro atoms. The first kappa shape index (κ1) is 11.3. The Labute approximate surface area is 90.8 Å². The second-order valence-corrected chi connectivity index (χ2v) is 3.37. The van der Waals surface area contributed by atoms with Crippen molar-refractivity contribution in [1.82, 2.24) is 5.32 Å². The first-order valence-electron chi connectivity index (χ1n) is 4.89. The van der Waals surface area contributed by atoms with Crippen LogP contribution in [0, 0.1) is 0 Å². The number of hydrogen-bond acceptors (Lipinski definition) is 1. The molecular weight excluding hydrogens is 194 g/mol. The molecule has 0 unspecified atom stereocenters. The molecule has 0 bridgehead atoms. The standard InChI is InChI=1S/C12H16ClN/c13-9-4-5-10-14-11-8-12-6-2-1-3-7-12/h1-7,14H,8-11H2/b5-4+. The van der Waals surface area contributed by atoms with Crippen LogP contribution in [0.5, 0.6) is 0 Å². The van der Waals surface area contributed by atoms with Gasteiger partial charge in [0.05, 0.1) is 0 Å². The molecule has 1 rings (SSSR count). The first-order valence-corrected chi connectivity index (χ1v) is 5.42. The lowest BCUT2D eigenvalue weighted by atomic mass is 10.1. The van der Waals surface area contributed by atoms with Gasteiger partial charge in [0.2, 0.25) is 0 Å². The lowest BCUT2D eigenvalue weighted by Gasteiger charge is -2.01. The molecule has 1 nitrogen and oxygen atoms in total. The van der Waals surface area contributed by atoms with Gasteiger partial charge in [0.15, 0.2) is 0 Å². The van der Waals surface area contributed by atoms with Crippen LogP contribution in [0.3, 0.4) is 0 Å². The van der Waals surface area contributed by atoms with E-state index >= 15 is 0 Å². The minimum absolute atomic E-state index is 0.598. The summed E-state index contributed by atoms with van der Waals surface area (Å²) >= 11 is 5.50. The number of allylic oxidation sites excluding steroid dienone is 1. The van der Waals surface area contributed by atoms with Gasteiger partial charge in [-0.1, -0.05) is 42.5 Å². The molecule has 0 aromatic heterocycles. The average Bonchev–Trinajstić information content (AvgIpc) is 2.25. The zero-order chi connectivity index (χ0) is 10.1. The van der Waals surface area contributed by atoms with Crippen LogP contribution in [0.1, 0.15) is 5.56 Å². The molecule has 0 heterocycles. The molecule has 1 aromatic carbocycles. The van der Waals surface area contributed by atoms with Gasteiger partial charge in [-0.25, -0.2) is 0 Å². The van der Waals surface area contributed by atoms with Gasteiger partial charge in [-0.05, 0) is 18.5 Å². The lowest BCUT2D eigenvalue weighted by Crippen LogP contribution is -2.16. The van der Waals surface area contributed by atoms with Gasteiger partial charge in [-0.2, -0.15) is 0 Å². The van der Waals surface area contributed by atoms with Crippen LogP contribution in [0.4, 0.5) is 0 Å². The number of hydrogen-bond donors (Lipinski definition) is 1. The van der Waals surface area contributed by atoms with Crippen molar-refractivity contribution in [2.75, 3.05) is 19.0 Å². The third-order valence-corrected chi connectivity index (χ3v) is 2.13. The minimum atomic E-state index is 0.598. The summed E-state index contributed by atoms with van der Waals surface area (Å²) in [6, 6.07) is 10.5. The van der Waals surface area contributed by atoms with Crippen LogP contribution < -0.4 is 5.32 Å². The Morgan fingerprint density at radius 1 is 1.14 bits per heavy atom. The summed E-state index contributed by atoms with van der Waals surface area (Å²) in [5.74, 6) is 0.598. The van der Waals surface area contributed by atoms with Crippen LogP contribution in [0.15, 0.2) is 42.5 Å². The minimum Gasteiger partial charge on any atom is -0.313 e. The summed E-state index contributed by atoms with van der Waals surface area (Å²) in [5.41, 5.74) is 1.38. The highest BCUT2D eigenvalue weighted by atomic mass is 35.5. The molecule has 0 fully saturated rings. The molecule has 1 aromatic rings. The van der Waals surface area contributed by atoms with Crippen molar-refractivity contribution in [2.24, 2.45) is 0 Å². The summed E-state index contributed by atoms with van der Waals surface area (Å²) in [6.07, 6.45) is 5.09. The smallest absolute Gasteiger partial charge is 0.0404 e. The molecule has 0 aliphatic rings. The van der Waals surface area contributed by atoms with Gasteiger partial charge in [0.1, 0.15) is 0 Å². The molecular formula is C12H16ClN. The summed E-state index contributed by atoms with van der Waals surface area (Å²) < 4.78 is 0. The van der Waals surface area contributed by atoms with E-state index in [4.69, 9.17) is 11.6 Å². The van der Waals surface area contributed by atoms with Crippen LogP contribution >= 0.6 is 11.6 Å². The van der Waals surface area contributed by atoms with Gasteiger partial charge in [-0.3, -0.25) is 0 Å². The van der Waals surface area contributed by atoms with Gasteiger partial charge in [-0.15, -0.1) is 11.6 Å². The quantitative estimate of drug-likeness (QED) is 0.432. The highest BCUT2D eigenvalue weighted by Gasteiger charge is 1.89. The Balaban J connectivity index is 2.07. The summed E-state index contributed by atoms with van der Waals surface area (Å²) in [7, 11) is 0. The molecule has 0 saturated heterocycles. The average molecular weight is 210 g/mol. The topological polar surface area (TPSA) is 12.0 Å². The second kappa shape index (κ2) is 7.60. The van der Waals surface area contributed by atoms with Crippen molar-refractivity contribution in [1.29, 1.82) is 0 Å². The van der Waals surface area contributed by atoms with Crippen LogP contribution in [0.25, 0.3) is 0 Å². The van der Waals surface area contributed by atoms with E-state index in [-0.39, 0.29) is 0 Å². The Hall–Kier alpha value is -0.790. The Bertz CT molecular complexity index is 256. The molecule has 0 aliphatic carbocycles. The molecule has 0 atom stereocenters. The van der Waals surface area contributed by atoms with Crippen LogP contribution in [0.2, 0.25) is 0 Å². The molecule has 14 heavy (non-hydrogen) atoms. The maximum atomic E-state index is 5.50. The normalized spacial score (nSPS) is 10.9. The summed E-state index contributed by atoms with van der Waals surface area (Å²) in [5, 5.41) is 3.32. The van der Waals surface area contributed by atoms with Gasteiger partial charge in [0, 0.05) is 12.4 Å². The summed E-state index contributed by atoms with van der Waals surface area (Å²) in [6.45, 7) is 1.91.